The van der Waals surface area contributed by atoms with Gasteiger partial charge in [-0.25, -0.2) is 13.1 Å². The molecular weight excluding hydrogens is 533 g/mol. The molecule has 0 radical (unpaired) electrons. The summed E-state index contributed by atoms with van der Waals surface area (Å²) in [5.41, 5.74) is -1.39. The molecule has 0 aliphatic carbocycles. The number of fused-ring (bicyclic) bond motifs is 1. The summed E-state index contributed by atoms with van der Waals surface area (Å²) in [4.78, 5) is 42.0. The third-order valence-corrected chi connectivity index (χ3v) is 9.01. The fraction of sp³-hybridized carbons (Fsp3) is 0.667. The molecule has 196 valence electrons. The average molecular weight is 558 g/mol. The molecule has 1 fully saturated rings. The van der Waals surface area contributed by atoms with E-state index in [4.69, 9.17) is 14.7 Å². The number of thiol groups is 1. The quantitative estimate of drug-likeness (QED) is 0.0685. The van der Waals surface area contributed by atoms with Gasteiger partial charge in [0, 0.05) is 13.1 Å². The van der Waals surface area contributed by atoms with E-state index in [-0.39, 0.29) is 37.1 Å². The summed E-state index contributed by atoms with van der Waals surface area (Å²) in [7, 11) is -9.00. The molecule has 1 saturated heterocycles. The molecule has 0 bridgehead atoms. The Bertz CT molecular complexity index is 1100. The summed E-state index contributed by atoms with van der Waals surface area (Å²) in [6, 6.07) is 0. The highest BCUT2D eigenvalue weighted by atomic mass is 32.2. The maximum Gasteiger partial charge on any atom is 0.344 e. The third-order valence-electron chi connectivity index (χ3n) is 4.86. The number of carbonyl (C=O) groups is 2. The van der Waals surface area contributed by atoms with Gasteiger partial charge in [0.25, 0.3) is 5.91 Å². The van der Waals surface area contributed by atoms with Crippen LogP contribution in [0, 0.1) is 5.41 Å². The van der Waals surface area contributed by atoms with Gasteiger partial charge in [-0.15, -0.1) is 0 Å². The number of hydrogen-bond acceptors (Lipinski definition) is 13. The van der Waals surface area contributed by atoms with Crippen LogP contribution in [-0.4, -0.2) is 120 Å². The number of rotatable bonds is 11. The number of sulfonamides is 1. The molecule has 5 atom stereocenters. The second-order valence-corrected chi connectivity index (χ2v) is 11.9. The van der Waals surface area contributed by atoms with Crippen LogP contribution in [0.2, 0.25) is 0 Å². The fourth-order valence-electron chi connectivity index (χ4n) is 3.29. The van der Waals surface area contributed by atoms with E-state index in [0.717, 1.165) is 0 Å². The van der Waals surface area contributed by atoms with Gasteiger partial charge in [-0.3, -0.25) is 29.9 Å². The molecule has 1 unspecified atom stereocenters. The number of hydrogen-bond donors (Lipinski definition) is 8. The SMILES string of the molecule is N=C1N=C2C(=NCN2[C@@H]2O[C@H](COP(=O)(O)CS(=O)(=O)NCCNC(=O)CS)[C@@H](O)[C@H]2O)C(=O)N1. The first-order valence-corrected chi connectivity index (χ1v) is 14.0. The van der Waals surface area contributed by atoms with Gasteiger partial charge in [0.15, 0.2) is 23.3 Å². The van der Waals surface area contributed by atoms with Crippen LogP contribution in [0.4, 0.5) is 0 Å². The monoisotopic (exact) mass is 557 g/mol. The van der Waals surface area contributed by atoms with Crippen LogP contribution in [-0.2, 0) is 33.4 Å². The van der Waals surface area contributed by atoms with Gasteiger partial charge < -0.3 is 34.6 Å². The van der Waals surface area contributed by atoms with Gasteiger partial charge in [0.05, 0.1) is 12.4 Å². The van der Waals surface area contributed by atoms with Gasteiger partial charge in [-0.05, 0) is 0 Å². The second-order valence-electron chi connectivity index (χ2n) is 7.48. The molecule has 3 heterocycles. The van der Waals surface area contributed by atoms with Crippen LogP contribution in [0.1, 0.15) is 0 Å². The highest BCUT2D eigenvalue weighted by Gasteiger charge is 2.50. The topological polar surface area (TPSA) is 252 Å². The van der Waals surface area contributed by atoms with Crippen LogP contribution < -0.4 is 15.4 Å². The molecule has 0 aromatic heterocycles. The maximum absolute atomic E-state index is 12.3. The van der Waals surface area contributed by atoms with Crippen molar-refractivity contribution in [1.29, 1.82) is 5.41 Å². The zero-order chi connectivity index (χ0) is 26.0. The van der Waals surface area contributed by atoms with Gasteiger partial charge >= 0.3 is 7.60 Å². The maximum atomic E-state index is 12.3. The van der Waals surface area contributed by atoms with E-state index in [2.05, 4.69) is 33.2 Å². The lowest BCUT2D eigenvalue weighted by Gasteiger charge is -2.28. The number of aliphatic imine (C=N–C) groups is 2. The Labute approximate surface area is 204 Å². The number of nitrogens with zero attached hydrogens (tertiary/aromatic N) is 3. The first-order valence-electron chi connectivity index (χ1n) is 9.96. The number of aliphatic hydroxyl groups excluding tert-OH is 2. The molecule has 35 heavy (non-hydrogen) atoms. The highest BCUT2D eigenvalue weighted by Crippen LogP contribution is 2.44. The van der Waals surface area contributed by atoms with Gasteiger partial charge in [0.2, 0.25) is 21.9 Å². The number of amides is 2. The minimum absolute atomic E-state index is 0.0490. The molecule has 0 aromatic carbocycles. The lowest BCUT2D eigenvalue weighted by molar-refractivity contribution is -0.118. The summed E-state index contributed by atoms with van der Waals surface area (Å²) in [6.07, 6.45) is -5.81. The Kier molecular flexibility index (Phi) is 8.66. The lowest BCUT2D eigenvalue weighted by Crippen LogP contribution is -2.52. The number of guanidine groups is 1. The first-order chi connectivity index (χ1) is 16.3. The Morgan fingerprint density at radius 2 is 2.09 bits per heavy atom. The summed E-state index contributed by atoms with van der Waals surface area (Å²) in [5, 5.41) is 32.8. The molecule has 0 saturated carbocycles. The number of amidine groups is 1. The van der Waals surface area contributed by atoms with Crippen LogP contribution in [0.15, 0.2) is 9.98 Å². The highest BCUT2D eigenvalue weighted by molar-refractivity contribution is 7.95. The molecule has 3 rings (SSSR count). The van der Waals surface area contributed by atoms with E-state index >= 15 is 0 Å². The van der Waals surface area contributed by atoms with E-state index < -0.39 is 72.0 Å². The van der Waals surface area contributed by atoms with Crippen LogP contribution in [0.3, 0.4) is 0 Å². The molecule has 0 aromatic rings. The summed E-state index contributed by atoms with van der Waals surface area (Å²) in [6.45, 7) is -1.22. The average Bonchev–Trinajstić information content (AvgIpc) is 3.30. The largest absolute Gasteiger partial charge is 0.387 e. The minimum Gasteiger partial charge on any atom is -0.387 e. The second kappa shape index (κ2) is 11.0. The molecule has 2 amide bonds. The molecule has 17 nitrogen and oxygen atoms in total. The Hall–Kier alpha value is -1.96. The van der Waals surface area contributed by atoms with Crippen molar-refractivity contribution in [2.75, 3.05) is 37.6 Å². The van der Waals surface area contributed by atoms with E-state index in [9.17, 15) is 37.7 Å². The number of ether oxygens (including phenoxy) is 1. The standard InChI is InChI=1S/C15H24N7O10PS2/c16-15-20-12-9(13(26)21-15)18-5-22(12)14-11(25)10(24)7(32-14)3-31-33(27,28)6-35(29,30)19-2-1-17-8(23)4-34/h7,10-11,14,19,24-25,34H,1-6H2,(H,17,23)(H,27,28)(H2,16,21,26)/t7-,10-,11-,14-/m1/s1. The van der Waals surface area contributed by atoms with Crippen molar-refractivity contribution >= 4 is 59.6 Å². The molecule has 7 N–H and O–H groups in total. The number of carbonyl (C=O) groups excluding carboxylic acids is 2. The van der Waals surface area contributed by atoms with Crippen molar-refractivity contribution in [2.45, 2.75) is 24.5 Å². The zero-order valence-electron chi connectivity index (χ0n) is 17.9. The van der Waals surface area contributed by atoms with Crippen molar-refractivity contribution in [1.82, 2.24) is 20.3 Å². The lowest BCUT2D eigenvalue weighted by atomic mass is 10.1. The van der Waals surface area contributed by atoms with Gasteiger partial charge in [-0.2, -0.15) is 17.6 Å². The van der Waals surface area contributed by atoms with Gasteiger partial charge in [-0.1, -0.05) is 0 Å². The van der Waals surface area contributed by atoms with E-state index in [1.807, 2.05) is 4.72 Å². The summed E-state index contributed by atoms with van der Waals surface area (Å²) in [5.74, 6) is -1.68. The molecular formula is C15H24N7O10PS2. The van der Waals surface area contributed by atoms with Crippen LogP contribution >= 0.6 is 20.2 Å². The molecule has 20 heteroatoms. The fourth-order valence-corrected chi connectivity index (χ4v) is 6.58. The smallest absolute Gasteiger partial charge is 0.344 e. The predicted molar refractivity (Wildman–Crippen MR) is 123 cm³/mol. The van der Waals surface area contributed by atoms with E-state index in [1.54, 1.807) is 0 Å². The van der Waals surface area contributed by atoms with Crippen molar-refractivity contribution < 1.29 is 46.9 Å². The Morgan fingerprint density at radius 3 is 2.77 bits per heavy atom. The number of aliphatic hydroxyl groups is 2. The first kappa shape index (κ1) is 27.6. The van der Waals surface area contributed by atoms with Crippen molar-refractivity contribution in [3.05, 3.63) is 0 Å². The van der Waals surface area contributed by atoms with E-state index in [1.165, 1.54) is 4.90 Å². The van der Waals surface area contributed by atoms with Crippen molar-refractivity contribution in [2.24, 2.45) is 9.98 Å². The zero-order valence-corrected chi connectivity index (χ0v) is 20.5. The molecule has 3 aliphatic heterocycles. The van der Waals surface area contributed by atoms with E-state index in [0.29, 0.717) is 0 Å². The van der Waals surface area contributed by atoms with Crippen LogP contribution in [0.25, 0.3) is 0 Å². The Morgan fingerprint density at radius 1 is 1.37 bits per heavy atom. The number of nitrogens with one attached hydrogen (secondary N) is 4. The van der Waals surface area contributed by atoms with Gasteiger partial charge in [0.1, 0.15) is 25.0 Å². The normalized spacial score (nSPS) is 28.2. The molecule has 0 spiro atoms. The molecule has 3 aliphatic rings. The minimum atomic E-state index is -4.73. The summed E-state index contributed by atoms with van der Waals surface area (Å²) < 4.78 is 48.7. The van der Waals surface area contributed by atoms with Crippen molar-refractivity contribution in [3.8, 4) is 0 Å². The Balaban J connectivity index is 1.54. The van der Waals surface area contributed by atoms with Crippen LogP contribution in [0.5, 0.6) is 0 Å². The third kappa shape index (κ3) is 6.83. The van der Waals surface area contributed by atoms with Crippen molar-refractivity contribution in [3.63, 3.8) is 0 Å². The predicted octanol–water partition coefficient (Wildman–Crippen LogP) is -4.26. The summed E-state index contributed by atoms with van der Waals surface area (Å²) >= 11 is 3.74.